The van der Waals surface area contributed by atoms with Gasteiger partial charge in [-0.05, 0) is 52.5 Å². The van der Waals surface area contributed by atoms with Crippen molar-refractivity contribution in [3.63, 3.8) is 0 Å². The summed E-state index contributed by atoms with van der Waals surface area (Å²) in [5.41, 5.74) is -0.521. The van der Waals surface area contributed by atoms with E-state index in [1.807, 2.05) is 25.8 Å². The van der Waals surface area contributed by atoms with Gasteiger partial charge in [-0.3, -0.25) is 14.5 Å². The van der Waals surface area contributed by atoms with Crippen molar-refractivity contribution < 1.29 is 27.5 Å². The lowest BCUT2D eigenvalue weighted by molar-refractivity contribution is -0.116. The summed E-state index contributed by atoms with van der Waals surface area (Å²) in [6.07, 6.45) is 5.48. The van der Waals surface area contributed by atoms with E-state index in [1.165, 1.54) is 31.5 Å². The highest BCUT2D eigenvalue weighted by Gasteiger charge is 2.24. The summed E-state index contributed by atoms with van der Waals surface area (Å²) in [7, 11) is 1.94. The molecule has 2 unspecified atom stereocenters. The fourth-order valence-electron chi connectivity index (χ4n) is 4.61. The molecular weight excluding hydrogens is 585 g/mol. The largest absolute Gasteiger partial charge is 0.388 e. The van der Waals surface area contributed by atoms with Crippen molar-refractivity contribution in [3.8, 4) is 0 Å². The Morgan fingerprint density at radius 1 is 1.26 bits per heavy atom. The lowest BCUT2D eigenvalue weighted by Gasteiger charge is -2.30. The fraction of sp³-hybridized carbons (Fsp3) is 0.433. The Morgan fingerprint density at radius 2 is 1.98 bits per heavy atom. The van der Waals surface area contributed by atoms with E-state index in [4.69, 9.17) is 16.3 Å². The lowest BCUT2D eigenvalue weighted by atomic mass is 10.0. The van der Waals surface area contributed by atoms with Crippen LogP contribution in [0.5, 0.6) is 0 Å². The van der Waals surface area contributed by atoms with Crippen LogP contribution in [0.1, 0.15) is 32.8 Å². The van der Waals surface area contributed by atoms with Crippen molar-refractivity contribution in [3.05, 3.63) is 76.1 Å². The van der Waals surface area contributed by atoms with Crippen LogP contribution in [0.4, 0.5) is 19.0 Å². The number of allylic oxidation sites excluding steroid dienone is 4. The van der Waals surface area contributed by atoms with Gasteiger partial charge in [0, 0.05) is 67.0 Å². The first kappa shape index (κ1) is 33.9. The first-order valence-electron chi connectivity index (χ1n) is 13.9. The van der Waals surface area contributed by atoms with Crippen LogP contribution in [-0.2, 0) is 14.3 Å². The SMILES string of the molecule is C/C=C(\C(=C/NC=O)C(=O)NC1=C\NCC(C)N(C)C(C)CC=C(F)/C(c2cnc(N3CCOCC3)c(Cl)c2)=C\1)C(F)F. The van der Waals surface area contributed by atoms with Gasteiger partial charge in [0.25, 0.3) is 12.3 Å². The van der Waals surface area contributed by atoms with Gasteiger partial charge in [-0.2, -0.15) is 0 Å². The van der Waals surface area contributed by atoms with Crippen molar-refractivity contribution >= 4 is 35.3 Å². The molecule has 1 saturated heterocycles. The van der Waals surface area contributed by atoms with E-state index >= 15 is 4.39 Å². The van der Waals surface area contributed by atoms with Crippen molar-refractivity contribution in [1.82, 2.24) is 25.8 Å². The Balaban J connectivity index is 2.09. The third kappa shape index (κ3) is 9.19. The highest BCUT2D eigenvalue weighted by Crippen LogP contribution is 2.32. The highest BCUT2D eigenvalue weighted by molar-refractivity contribution is 6.33. The number of anilines is 1. The van der Waals surface area contributed by atoms with Crippen LogP contribution < -0.4 is 20.9 Å². The second-order valence-corrected chi connectivity index (χ2v) is 10.6. The molecule has 234 valence electrons. The van der Waals surface area contributed by atoms with Crippen LogP contribution in [0.15, 0.2) is 65.6 Å². The van der Waals surface area contributed by atoms with Gasteiger partial charge in [-0.25, -0.2) is 18.2 Å². The van der Waals surface area contributed by atoms with Gasteiger partial charge in [-0.15, -0.1) is 0 Å². The smallest absolute Gasteiger partial charge is 0.264 e. The van der Waals surface area contributed by atoms with Gasteiger partial charge in [0.15, 0.2) is 0 Å². The highest BCUT2D eigenvalue weighted by atomic mass is 35.5. The molecule has 3 heterocycles. The van der Waals surface area contributed by atoms with Crippen LogP contribution in [-0.4, -0.2) is 80.6 Å². The third-order valence-electron chi connectivity index (χ3n) is 7.36. The normalized spacial score (nSPS) is 23.9. The molecule has 43 heavy (non-hydrogen) atoms. The zero-order chi connectivity index (χ0) is 31.5. The minimum absolute atomic E-state index is 0.0170. The minimum Gasteiger partial charge on any atom is -0.388 e. The number of carbonyl (C=O) groups is 2. The number of amides is 2. The summed E-state index contributed by atoms with van der Waals surface area (Å²) in [5, 5.41) is 8.19. The standard InChI is InChI=1S/C30H38ClF3N6O3/c1-5-23(28(33)34)25(17-36-18-41)30(42)38-22-13-24(27(32)7-6-19(2)39(4)20(3)14-35-16-22)21-12-26(31)29(37-15-21)40-8-10-43-11-9-40/h5,7,12-13,15-20,28,35H,6,8-11,14H2,1-4H3,(H,36,41)(H,38,42)/b22-16-,23-5+,24-13-,25-17+,27-7?. The summed E-state index contributed by atoms with van der Waals surface area (Å²) in [6, 6.07) is 1.66. The van der Waals surface area contributed by atoms with Gasteiger partial charge >= 0.3 is 0 Å². The Labute approximate surface area is 255 Å². The summed E-state index contributed by atoms with van der Waals surface area (Å²) in [6.45, 7) is 8.12. The third-order valence-corrected chi connectivity index (χ3v) is 7.63. The number of nitrogens with zero attached hydrogens (tertiary/aromatic N) is 3. The fourth-order valence-corrected chi connectivity index (χ4v) is 4.89. The number of aromatic nitrogens is 1. The predicted molar refractivity (Wildman–Crippen MR) is 162 cm³/mol. The molecule has 0 bridgehead atoms. The summed E-state index contributed by atoms with van der Waals surface area (Å²) in [5.74, 6) is -0.962. The maximum Gasteiger partial charge on any atom is 0.264 e. The quantitative estimate of drug-likeness (QED) is 0.226. The van der Waals surface area contributed by atoms with Crippen LogP contribution in [0.25, 0.3) is 5.57 Å². The van der Waals surface area contributed by atoms with Gasteiger partial charge in [0.05, 0.1) is 29.5 Å². The molecule has 3 rings (SSSR count). The number of ether oxygens (including phenoxy) is 1. The molecule has 13 heteroatoms. The molecule has 2 aliphatic heterocycles. The number of carbonyl (C=O) groups excluding carboxylic acids is 2. The maximum atomic E-state index is 16.0. The molecule has 3 N–H and O–H groups in total. The van der Waals surface area contributed by atoms with Gasteiger partial charge in [0.1, 0.15) is 11.6 Å². The van der Waals surface area contributed by atoms with Crippen LogP contribution >= 0.6 is 11.6 Å². The van der Waals surface area contributed by atoms with E-state index in [0.717, 1.165) is 12.3 Å². The average Bonchev–Trinajstić information content (AvgIpc) is 2.99. The van der Waals surface area contributed by atoms with Gasteiger partial charge in [-0.1, -0.05) is 17.7 Å². The molecule has 1 fully saturated rings. The number of halogens is 4. The number of alkyl halides is 2. The van der Waals surface area contributed by atoms with Crippen LogP contribution in [0, 0.1) is 0 Å². The molecule has 1 aromatic rings. The molecule has 0 aliphatic carbocycles. The molecule has 0 spiro atoms. The number of rotatable bonds is 8. The summed E-state index contributed by atoms with van der Waals surface area (Å²) < 4.78 is 48.8. The topological polar surface area (TPSA) is 98.8 Å². The first-order valence-corrected chi connectivity index (χ1v) is 14.3. The Bertz CT molecular complexity index is 1310. The number of hydrogen-bond acceptors (Lipinski definition) is 7. The molecular formula is C30H38ClF3N6O3. The van der Waals surface area contributed by atoms with Crippen molar-refractivity contribution in [2.45, 2.75) is 45.7 Å². The van der Waals surface area contributed by atoms with Gasteiger partial charge < -0.3 is 25.6 Å². The molecule has 2 atom stereocenters. The molecule has 0 radical (unpaired) electrons. The number of nitrogens with one attached hydrogen (secondary N) is 3. The number of likely N-dealkylation sites (N-methyl/N-ethyl adjacent to an activating group) is 1. The van der Waals surface area contributed by atoms with E-state index in [-0.39, 0.29) is 29.8 Å². The molecule has 9 nitrogen and oxygen atoms in total. The number of pyridine rings is 1. The average molecular weight is 623 g/mol. The second kappa shape index (κ2) is 16.3. The molecule has 1 aromatic heterocycles. The van der Waals surface area contributed by atoms with Crippen molar-refractivity contribution in [2.75, 3.05) is 44.8 Å². The minimum atomic E-state index is -2.98. The molecule has 2 amide bonds. The second-order valence-electron chi connectivity index (χ2n) is 10.2. The Morgan fingerprint density at radius 3 is 2.60 bits per heavy atom. The molecule has 0 saturated carbocycles. The van der Waals surface area contributed by atoms with E-state index in [9.17, 15) is 18.4 Å². The molecule has 0 aromatic carbocycles. The van der Waals surface area contributed by atoms with E-state index in [2.05, 4.69) is 25.8 Å². The van der Waals surface area contributed by atoms with E-state index in [0.29, 0.717) is 55.7 Å². The monoisotopic (exact) mass is 622 g/mol. The Kier molecular flexibility index (Phi) is 12.8. The predicted octanol–water partition coefficient (Wildman–Crippen LogP) is 4.31. The summed E-state index contributed by atoms with van der Waals surface area (Å²) >= 11 is 6.62. The zero-order valence-corrected chi connectivity index (χ0v) is 25.4. The zero-order valence-electron chi connectivity index (χ0n) is 24.7. The first-order chi connectivity index (χ1) is 20.6. The maximum absolute atomic E-state index is 16.0. The summed E-state index contributed by atoms with van der Waals surface area (Å²) in [4.78, 5) is 32.8. The van der Waals surface area contributed by atoms with E-state index < -0.39 is 29.3 Å². The van der Waals surface area contributed by atoms with Crippen LogP contribution in [0.2, 0.25) is 5.02 Å². The van der Waals surface area contributed by atoms with Crippen molar-refractivity contribution in [1.29, 1.82) is 0 Å². The van der Waals surface area contributed by atoms with Crippen molar-refractivity contribution in [2.24, 2.45) is 0 Å². The number of hydrogen-bond donors (Lipinski definition) is 3. The number of morpholine rings is 1. The van der Waals surface area contributed by atoms with Crippen LogP contribution in [0.3, 0.4) is 0 Å². The molecule has 2 aliphatic rings. The van der Waals surface area contributed by atoms with E-state index in [1.54, 1.807) is 6.07 Å². The lowest BCUT2D eigenvalue weighted by Crippen LogP contribution is -2.42. The Hall–Kier alpha value is -3.61. The van der Waals surface area contributed by atoms with Gasteiger partial charge in [0.2, 0.25) is 6.41 Å².